The molecule has 11 rings (SSSR count). The second-order valence-corrected chi connectivity index (χ2v) is 13.9. The van der Waals surface area contributed by atoms with Crippen molar-refractivity contribution in [2.75, 3.05) is 0 Å². The summed E-state index contributed by atoms with van der Waals surface area (Å²) in [6, 6.07) is 60.5. The van der Waals surface area contributed by atoms with Crippen LogP contribution in [0, 0.1) is 17.9 Å². The summed E-state index contributed by atoms with van der Waals surface area (Å²) in [5.41, 5.74) is 12.1. The first-order chi connectivity index (χ1) is 27.2. The predicted molar refractivity (Wildman–Crippen MR) is 224 cm³/mol. The Labute approximate surface area is 315 Å². The van der Waals surface area contributed by atoms with Gasteiger partial charge in [0.15, 0.2) is 0 Å². The fourth-order valence-electron chi connectivity index (χ4n) is 8.52. The van der Waals surface area contributed by atoms with E-state index in [1.165, 1.54) is 0 Å². The van der Waals surface area contributed by atoms with E-state index in [1.807, 2.05) is 54.6 Å². The Hall–Kier alpha value is -7.86. The molecule has 0 bridgehead atoms. The van der Waals surface area contributed by atoms with Gasteiger partial charge in [0, 0.05) is 26.9 Å². The Morgan fingerprint density at radius 2 is 1.00 bits per heavy atom. The maximum Gasteiger partial charge on any atom is 0.234 e. The van der Waals surface area contributed by atoms with Crippen LogP contribution in [0.5, 0.6) is 0 Å². The summed E-state index contributed by atoms with van der Waals surface area (Å²) >= 11 is 0. The average Bonchev–Trinajstić information content (AvgIpc) is 3.91. The molecular formula is C50H28N4O. The molecule has 55 heavy (non-hydrogen) atoms. The van der Waals surface area contributed by atoms with Gasteiger partial charge in [0.1, 0.15) is 11.2 Å². The number of aromatic nitrogens is 2. The molecule has 0 aliphatic heterocycles. The summed E-state index contributed by atoms with van der Waals surface area (Å²) in [6.07, 6.45) is 0. The lowest BCUT2D eigenvalue weighted by Gasteiger charge is -2.17. The molecule has 0 fully saturated rings. The van der Waals surface area contributed by atoms with E-state index in [-0.39, 0.29) is 0 Å². The van der Waals surface area contributed by atoms with E-state index >= 15 is 0 Å². The molecule has 5 heteroatoms. The monoisotopic (exact) mass is 700 g/mol. The quantitative estimate of drug-likeness (QED) is 0.172. The Morgan fingerprint density at radius 3 is 1.62 bits per heavy atom. The zero-order valence-electron chi connectivity index (χ0n) is 29.4. The number of nitriles is 1. The predicted octanol–water partition coefficient (Wildman–Crippen LogP) is 13.5. The molecule has 0 spiro atoms. The fraction of sp³-hybridized carbons (Fsp3) is 0. The molecule has 0 N–H and O–H groups in total. The minimum absolute atomic E-state index is 0.449. The van der Waals surface area contributed by atoms with Crippen LogP contribution in [0.25, 0.3) is 104 Å². The highest BCUT2D eigenvalue weighted by atomic mass is 16.3. The van der Waals surface area contributed by atoms with Crippen LogP contribution in [0.3, 0.4) is 0 Å². The second-order valence-electron chi connectivity index (χ2n) is 13.9. The number of hydrogen-bond acceptors (Lipinski definition) is 2. The summed E-state index contributed by atoms with van der Waals surface area (Å²) in [4.78, 5) is 4.29. The maximum atomic E-state index is 10.6. The van der Waals surface area contributed by atoms with Crippen LogP contribution < -0.4 is 0 Å². The van der Waals surface area contributed by atoms with Crippen molar-refractivity contribution in [1.29, 1.82) is 5.26 Å². The van der Waals surface area contributed by atoms with Crippen molar-refractivity contribution >= 4 is 71.2 Å². The first-order valence-corrected chi connectivity index (χ1v) is 18.2. The second kappa shape index (κ2) is 11.8. The van der Waals surface area contributed by atoms with Crippen molar-refractivity contribution < 1.29 is 4.42 Å². The Morgan fingerprint density at radius 1 is 0.473 bits per heavy atom. The summed E-state index contributed by atoms with van der Waals surface area (Å²) in [5.74, 6) is 0. The van der Waals surface area contributed by atoms with Gasteiger partial charge in [0.25, 0.3) is 0 Å². The molecule has 0 aliphatic rings. The Bertz CT molecular complexity index is 3350. The van der Waals surface area contributed by atoms with E-state index < -0.39 is 0 Å². The van der Waals surface area contributed by atoms with Gasteiger partial charge >= 0.3 is 0 Å². The third kappa shape index (κ3) is 4.51. The average molecular weight is 701 g/mol. The van der Waals surface area contributed by atoms with Gasteiger partial charge in [-0.3, -0.25) is 0 Å². The number of hydrogen-bond donors (Lipinski definition) is 0. The summed E-state index contributed by atoms with van der Waals surface area (Å²) in [6.45, 7) is 8.78. The lowest BCUT2D eigenvalue weighted by molar-refractivity contribution is 0.673. The lowest BCUT2D eigenvalue weighted by Crippen LogP contribution is -2.01. The Kier molecular flexibility index (Phi) is 6.61. The maximum absolute atomic E-state index is 10.6. The molecule has 0 saturated heterocycles. The lowest BCUT2D eigenvalue weighted by atomic mass is 10.0. The standard InChI is InChI=1S/C50H28N4O/c1-52-49-45(53-42-23-20-34(32-12-4-2-5-13-32)28-39(42)40-29-35(21-24-43(40)53)33-14-6-3-7-15-33)26-31(30-51)27-46(49)54-41-18-10-8-17-38(41)48-44(54)25-22-37-36-16-9-11-19-47(36)55-50(37)48/h2-29H. The van der Waals surface area contributed by atoms with E-state index in [2.05, 4.69) is 135 Å². The number of fused-ring (bicyclic) bond motifs is 10. The molecule has 254 valence electrons. The van der Waals surface area contributed by atoms with Crippen LogP contribution in [-0.4, -0.2) is 9.13 Å². The molecule has 0 saturated carbocycles. The fourth-order valence-corrected chi connectivity index (χ4v) is 8.52. The summed E-state index contributed by atoms with van der Waals surface area (Å²) < 4.78 is 10.8. The van der Waals surface area contributed by atoms with Crippen LogP contribution in [-0.2, 0) is 0 Å². The Balaban J connectivity index is 1.24. The van der Waals surface area contributed by atoms with Crippen molar-refractivity contribution in [2.45, 2.75) is 0 Å². The number of nitrogens with zero attached hydrogens (tertiary/aromatic N) is 4. The zero-order valence-corrected chi connectivity index (χ0v) is 29.4. The molecule has 3 aromatic heterocycles. The van der Waals surface area contributed by atoms with Crippen molar-refractivity contribution in [3.05, 3.63) is 187 Å². The molecule has 0 radical (unpaired) electrons. The van der Waals surface area contributed by atoms with Gasteiger partial charge in [0.05, 0.1) is 57.0 Å². The van der Waals surface area contributed by atoms with E-state index in [9.17, 15) is 5.26 Å². The largest absolute Gasteiger partial charge is 0.455 e. The van der Waals surface area contributed by atoms with Gasteiger partial charge in [-0.1, -0.05) is 109 Å². The molecule has 0 aliphatic carbocycles. The normalized spacial score (nSPS) is 11.6. The highest BCUT2D eigenvalue weighted by Gasteiger charge is 2.24. The zero-order chi connectivity index (χ0) is 36.6. The van der Waals surface area contributed by atoms with Crippen molar-refractivity contribution in [3.63, 3.8) is 0 Å². The third-order valence-electron chi connectivity index (χ3n) is 11.0. The van der Waals surface area contributed by atoms with Crippen molar-refractivity contribution in [2.24, 2.45) is 0 Å². The first kappa shape index (κ1) is 30.7. The van der Waals surface area contributed by atoms with E-state index in [0.717, 1.165) is 87.8 Å². The van der Waals surface area contributed by atoms with Crippen molar-refractivity contribution in [1.82, 2.24) is 9.13 Å². The van der Waals surface area contributed by atoms with Gasteiger partial charge in [0.2, 0.25) is 5.69 Å². The van der Waals surface area contributed by atoms with Crippen LogP contribution >= 0.6 is 0 Å². The molecular weight excluding hydrogens is 673 g/mol. The van der Waals surface area contributed by atoms with E-state index in [1.54, 1.807) is 0 Å². The van der Waals surface area contributed by atoms with Gasteiger partial charge in [-0.25, -0.2) is 4.85 Å². The van der Waals surface area contributed by atoms with Gasteiger partial charge in [-0.2, -0.15) is 5.26 Å². The van der Waals surface area contributed by atoms with Crippen molar-refractivity contribution in [3.8, 4) is 39.7 Å². The van der Waals surface area contributed by atoms with Crippen LogP contribution in [0.2, 0.25) is 0 Å². The molecule has 5 nitrogen and oxygen atoms in total. The van der Waals surface area contributed by atoms with Gasteiger partial charge < -0.3 is 13.6 Å². The third-order valence-corrected chi connectivity index (χ3v) is 11.0. The van der Waals surface area contributed by atoms with E-state index in [4.69, 9.17) is 11.0 Å². The van der Waals surface area contributed by atoms with Crippen LogP contribution in [0.15, 0.2) is 174 Å². The van der Waals surface area contributed by atoms with E-state index in [0.29, 0.717) is 22.6 Å². The van der Waals surface area contributed by atoms with Gasteiger partial charge in [-0.15, -0.1) is 0 Å². The first-order valence-electron chi connectivity index (χ1n) is 18.2. The SMILES string of the molecule is [C-]#[N+]c1c(-n2c3ccc(-c4ccccc4)cc3c3cc(-c4ccccc4)ccc32)cc(C#N)cc1-n1c2ccccc2c2c3oc4ccccc4c3ccc21. The minimum Gasteiger partial charge on any atom is -0.455 e. The summed E-state index contributed by atoms with van der Waals surface area (Å²) in [7, 11) is 0. The number of para-hydroxylation sites is 2. The number of furan rings is 1. The minimum atomic E-state index is 0.449. The topological polar surface area (TPSA) is 51.1 Å². The van der Waals surface area contributed by atoms with Crippen LogP contribution in [0.1, 0.15) is 5.56 Å². The smallest absolute Gasteiger partial charge is 0.234 e. The number of rotatable bonds is 4. The van der Waals surface area contributed by atoms with Crippen LogP contribution in [0.4, 0.5) is 5.69 Å². The number of benzene rings is 8. The molecule has 8 aromatic carbocycles. The molecule has 11 aromatic rings. The van der Waals surface area contributed by atoms with Gasteiger partial charge in [-0.05, 0) is 82.9 Å². The highest BCUT2D eigenvalue weighted by molar-refractivity contribution is 6.24. The summed E-state index contributed by atoms with van der Waals surface area (Å²) in [5, 5.41) is 16.8. The highest BCUT2D eigenvalue weighted by Crippen LogP contribution is 2.45. The molecule has 0 unspecified atom stereocenters. The molecule has 3 heterocycles. The molecule has 0 amide bonds. The molecule has 0 atom stereocenters.